The van der Waals surface area contributed by atoms with Gasteiger partial charge in [-0.25, -0.2) is 0 Å². The van der Waals surface area contributed by atoms with Crippen LogP contribution in [0, 0.1) is 0 Å². The van der Waals surface area contributed by atoms with Gasteiger partial charge in [-0.1, -0.05) is 18.5 Å². The Bertz CT molecular complexity index is 328. The first-order valence-corrected chi connectivity index (χ1v) is 6.70. The molecule has 0 spiro atoms. The van der Waals surface area contributed by atoms with Crippen LogP contribution in [0.15, 0.2) is 4.52 Å². The lowest BCUT2D eigenvalue weighted by atomic mass is 10.2. The Morgan fingerprint density at radius 1 is 1.39 bits per heavy atom. The van der Waals surface area contributed by atoms with E-state index in [1.165, 1.54) is 0 Å². The maximum absolute atomic E-state index is 5.32. The van der Waals surface area contributed by atoms with Crippen molar-refractivity contribution in [3.05, 3.63) is 11.7 Å². The summed E-state index contributed by atoms with van der Waals surface area (Å²) in [6.45, 7) is 5.99. The van der Waals surface area contributed by atoms with Gasteiger partial charge in [0.2, 0.25) is 5.89 Å². The van der Waals surface area contributed by atoms with E-state index in [1.807, 2.05) is 0 Å². The summed E-state index contributed by atoms with van der Waals surface area (Å²) in [5, 5.41) is 4.02. The van der Waals surface area contributed by atoms with Gasteiger partial charge in [-0.3, -0.25) is 4.90 Å². The standard InChI is InChI=1S/C13H25N3O2/c1-5-6-8-12-14-13(18-15-12)11(2)16(3)9-7-10-17-4/h11H,5-10H2,1-4H3. The van der Waals surface area contributed by atoms with Crippen molar-refractivity contribution in [1.29, 1.82) is 0 Å². The zero-order valence-corrected chi connectivity index (χ0v) is 12.0. The first kappa shape index (κ1) is 15.1. The Balaban J connectivity index is 2.44. The molecule has 0 bridgehead atoms. The van der Waals surface area contributed by atoms with Crippen molar-refractivity contribution < 1.29 is 9.26 Å². The molecule has 0 saturated heterocycles. The predicted octanol–water partition coefficient (Wildman–Crippen LogP) is 2.44. The van der Waals surface area contributed by atoms with E-state index >= 15 is 0 Å². The minimum atomic E-state index is 0.157. The van der Waals surface area contributed by atoms with Crippen LogP contribution in [-0.2, 0) is 11.2 Å². The van der Waals surface area contributed by atoms with Gasteiger partial charge in [0, 0.05) is 26.7 Å². The van der Waals surface area contributed by atoms with Gasteiger partial charge in [0.25, 0.3) is 0 Å². The second-order valence-electron chi connectivity index (χ2n) is 4.66. The number of ether oxygens (including phenoxy) is 1. The van der Waals surface area contributed by atoms with Gasteiger partial charge >= 0.3 is 0 Å². The summed E-state index contributed by atoms with van der Waals surface area (Å²) in [4.78, 5) is 6.65. The number of methoxy groups -OCH3 is 1. The van der Waals surface area contributed by atoms with E-state index in [0.29, 0.717) is 5.89 Å². The van der Waals surface area contributed by atoms with Crippen LogP contribution in [0.25, 0.3) is 0 Å². The zero-order valence-electron chi connectivity index (χ0n) is 12.0. The fourth-order valence-electron chi connectivity index (χ4n) is 1.71. The molecule has 0 fully saturated rings. The third-order valence-electron chi connectivity index (χ3n) is 3.12. The van der Waals surface area contributed by atoms with Crippen LogP contribution in [-0.4, -0.2) is 42.3 Å². The van der Waals surface area contributed by atoms with Crippen LogP contribution in [0.5, 0.6) is 0 Å². The number of unbranched alkanes of at least 4 members (excludes halogenated alkanes) is 1. The Labute approximate surface area is 110 Å². The maximum atomic E-state index is 5.32. The van der Waals surface area contributed by atoms with Gasteiger partial charge in [-0.2, -0.15) is 4.98 Å². The highest BCUT2D eigenvalue weighted by Crippen LogP contribution is 2.17. The molecule has 1 aromatic heterocycles. The van der Waals surface area contributed by atoms with E-state index in [9.17, 15) is 0 Å². The van der Waals surface area contributed by atoms with Crippen molar-refractivity contribution in [3.8, 4) is 0 Å². The molecule has 1 rings (SSSR count). The molecule has 0 aliphatic rings. The summed E-state index contributed by atoms with van der Waals surface area (Å²) in [5.41, 5.74) is 0. The maximum Gasteiger partial charge on any atom is 0.243 e. The van der Waals surface area contributed by atoms with Crippen LogP contribution in [0.1, 0.15) is 50.9 Å². The van der Waals surface area contributed by atoms with Crippen LogP contribution in [0.3, 0.4) is 0 Å². The number of hydrogen-bond acceptors (Lipinski definition) is 5. The molecule has 1 unspecified atom stereocenters. The fraction of sp³-hybridized carbons (Fsp3) is 0.846. The van der Waals surface area contributed by atoms with Crippen molar-refractivity contribution >= 4 is 0 Å². The molecule has 0 radical (unpaired) electrons. The minimum absolute atomic E-state index is 0.157. The third-order valence-corrected chi connectivity index (χ3v) is 3.12. The lowest BCUT2D eigenvalue weighted by Gasteiger charge is -2.21. The Morgan fingerprint density at radius 2 is 2.17 bits per heavy atom. The van der Waals surface area contributed by atoms with E-state index in [4.69, 9.17) is 9.26 Å². The van der Waals surface area contributed by atoms with Gasteiger partial charge in [0.05, 0.1) is 6.04 Å². The highest BCUT2D eigenvalue weighted by Gasteiger charge is 2.18. The van der Waals surface area contributed by atoms with E-state index in [1.54, 1.807) is 7.11 Å². The van der Waals surface area contributed by atoms with Gasteiger partial charge in [0.15, 0.2) is 5.82 Å². The van der Waals surface area contributed by atoms with E-state index in [2.05, 4.69) is 35.9 Å². The molecule has 0 aromatic carbocycles. The van der Waals surface area contributed by atoms with Crippen LogP contribution < -0.4 is 0 Å². The van der Waals surface area contributed by atoms with Gasteiger partial charge in [-0.15, -0.1) is 0 Å². The number of hydrogen-bond donors (Lipinski definition) is 0. The molecule has 18 heavy (non-hydrogen) atoms. The Kier molecular flexibility index (Phi) is 6.90. The van der Waals surface area contributed by atoms with Crippen LogP contribution in [0.2, 0.25) is 0 Å². The molecule has 0 aliphatic carbocycles. The molecule has 1 atom stereocenters. The first-order chi connectivity index (χ1) is 8.69. The van der Waals surface area contributed by atoms with Gasteiger partial charge in [0.1, 0.15) is 0 Å². The van der Waals surface area contributed by atoms with Gasteiger partial charge < -0.3 is 9.26 Å². The number of nitrogens with zero attached hydrogens (tertiary/aromatic N) is 3. The largest absolute Gasteiger partial charge is 0.385 e. The molecule has 0 aliphatic heterocycles. The molecule has 104 valence electrons. The fourth-order valence-corrected chi connectivity index (χ4v) is 1.71. The summed E-state index contributed by atoms with van der Waals surface area (Å²) in [6.07, 6.45) is 4.17. The Morgan fingerprint density at radius 3 is 2.83 bits per heavy atom. The smallest absolute Gasteiger partial charge is 0.243 e. The molecular weight excluding hydrogens is 230 g/mol. The third kappa shape index (κ3) is 4.74. The van der Waals surface area contributed by atoms with Crippen molar-refractivity contribution in [2.45, 2.75) is 45.6 Å². The predicted molar refractivity (Wildman–Crippen MR) is 70.4 cm³/mol. The number of rotatable bonds is 9. The van der Waals surface area contributed by atoms with Crippen LogP contribution in [0.4, 0.5) is 0 Å². The summed E-state index contributed by atoms with van der Waals surface area (Å²) in [5.74, 6) is 1.53. The lowest BCUT2D eigenvalue weighted by molar-refractivity contribution is 0.158. The first-order valence-electron chi connectivity index (χ1n) is 6.70. The molecule has 1 heterocycles. The zero-order chi connectivity index (χ0) is 13.4. The van der Waals surface area contributed by atoms with Crippen molar-refractivity contribution in [2.75, 3.05) is 27.3 Å². The highest BCUT2D eigenvalue weighted by atomic mass is 16.5. The van der Waals surface area contributed by atoms with Gasteiger partial charge in [-0.05, 0) is 26.8 Å². The molecule has 0 saturated carbocycles. The Hall–Kier alpha value is -0.940. The van der Waals surface area contributed by atoms with E-state index < -0.39 is 0 Å². The average Bonchev–Trinajstić information content (AvgIpc) is 2.84. The summed E-state index contributed by atoms with van der Waals surface area (Å²) in [7, 11) is 3.79. The molecule has 0 amide bonds. The monoisotopic (exact) mass is 255 g/mol. The second-order valence-corrected chi connectivity index (χ2v) is 4.66. The second kappa shape index (κ2) is 8.21. The number of aromatic nitrogens is 2. The summed E-state index contributed by atoms with van der Waals surface area (Å²) >= 11 is 0. The SMILES string of the molecule is CCCCc1noc(C(C)N(C)CCCOC)n1. The van der Waals surface area contributed by atoms with Crippen LogP contribution >= 0.6 is 0 Å². The molecule has 1 aromatic rings. The lowest BCUT2D eigenvalue weighted by Crippen LogP contribution is -2.24. The van der Waals surface area contributed by atoms with E-state index in [0.717, 1.165) is 44.7 Å². The topological polar surface area (TPSA) is 51.4 Å². The molecular formula is C13H25N3O2. The quantitative estimate of drug-likeness (QED) is 0.634. The minimum Gasteiger partial charge on any atom is -0.385 e. The summed E-state index contributed by atoms with van der Waals surface area (Å²) < 4.78 is 10.4. The molecule has 5 heteroatoms. The van der Waals surface area contributed by atoms with Crippen molar-refractivity contribution in [3.63, 3.8) is 0 Å². The van der Waals surface area contributed by atoms with Crippen molar-refractivity contribution in [2.24, 2.45) is 0 Å². The molecule has 0 N–H and O–H groups in total. The highest BCUT2D eigenvalue weighted by molar-refractivity contribution is 4.91. The van der Waals surface area contributed by atoms with Crippen molar-refractivity contribution in [1.82, 2.24) is 15.0 Å². The normalized spacial score (nSPS) is 13.2. The van der Waals surface area contributed by atoms with E-state index in [-0.39, 0.29) is 6.04 Å². The molecule has 5 nitrogen and oxygen atoms in total. The average molecular weight is 255 g/mol. The summed E-state index contributed by atoms with van der Waals surface area (Å²) in [6, 6.07) is 0.157. The number of aryl methyl sites for hydroxylation is 1.